The first-order valence-electron chi connectivity index (χ1n) is 7.89. The van der Waals surface area contributed by atoms with Crippen molar-refractivity contribution in [1.82, 2.24) is 10.0 Å². The molecule has 0 aliphatic rings. The molecule has 7 nitrogen and oxygen atoms in total. The molecule has 0 saturated carbocycles. The third-order valence-corrected chi connectivity index (χ3v) is 4.13. The van der Waals surface area contributed by atoms with Gasteiger partial charge < -0.3 is 20.0 Å². The van der Waals surface area contributed by atoms with Crippen LogP contribution in [0.3, 0.4) is 0 Å². The fourth-order valence-electron chi connectivity index (χ4n) is 2.66. The highest BCUT2D eigenvalue weighted by atomic mass is 19.2. The largest absolute Gasteiger partial charge is 0.805 e. The van der Waals surface area contributed by atoms with Crippen molar-refractivity contribution in [1.29, 1.82) is 0 Å². The number of hydrogen-bond donors (Lipinski definition) is 1. The molecule has 1 amide bonds. The number of nitrogens with one attached hydrogen (secondary N) is 1. The van der Waals surface area contributed by atoms with Crippen LogP contribution in [0, 0.1) is 28.7 Å². The van der Waals surface area contributed by atoms with Crippen LogP contribution in [0.1, 0.15) is 21.7 Å². The van der Waals surface area contributed by atoms with Gasteiger partial charge in [-0.2, -0.15) is 0 Å². The quantitative estimate of drug-likeness (QED) is 0.710. The molecule has 0 unspecified atom stereocenters. The number of amides is 1. The van der Waals surface area contributed by atoms with E-state index >= 15 is 0 Å². The first-order valence-corrected chi connectivity index (χ1v) is 7.89. The summed E-state index contributed by atoms with van der Waals surface area (Å²) >= 11 is 0. The molecule has 0 atom stereocenters. The lowest BCUT2D eigenvalue weighted by molar-refractivity contribution is -0.468. The minimum atomic E-state index is -1.29. The lowest BCUT2D eigenvalue weighted by Gasteiger charge is -2.16. The number of ether oxygens (including phenoxy) is 1. The summed E-state index contributed by atoms with van der Waals surface area (Å²) in [5.41, 5.74) is -0.784. The molecular formula is C18H15F2N3O4. The summed E-state index contributed by atoms with van der Waals surface area (Å²) in [5, 5.41) is 14.8. The highest BCUT2D eigenvalue weighted by Crippen LogP contribution is 2.18. The van der Waals surface area contributed by atoms with Gasteiger partial charge in [0.05, 0.1) is 23.3 Å². The third-order valence-electron chi connectivity index (χ3n) is 4.13. The van der Waals surface area contributed by atoms with E-state index in [4.69, 9.17) is 4.74 Å². The first-order chi connectivity index (χ1) is 12.8. The van der Waals surface area contributed by atoms with E-state index in [1.54, 1.807) is 24.3 Å². The van der Waals surface area contributed by atoms with Crippen molar-refractivity contribution in [3.05, 3.63) is 75.1 Å². The summed E-state index contributed by atoms with van der Waals surface area (Å²) < 4.78 is 32.3. The van der Waals surface area contributed by atoms with Gasteiger partial charge in [0.15, 0.2) is 11.6 Å². The Bertz CT molecular complexity index is 1090. The van der Waals surface area contributed by atoms with Crippen molar-refractivity contribution in [2.75, 3.05) is 7.11 Å². The topological polar surface area (TPSA) is 89.3 Å². The predicted octanol–water partition coefficient (Wildman–Crippen LogP) is 2.43. The molecule has 27 heavy (non-hydrogen) atoms. The van der Waals surface area contributed by atoms with Gasteiger partial charge >= 0.3 is 11.6 Å². The summed E-state index contributed by atoms with van der Waals surface area (Å²) in [6.45, 7) is 1.35. The third kappa shape index (κ3) is 3.31. The number of benzene rings is 2. The van der Waals surface area contributed by atoms with Crippen molar-refractivity contribution >= 4 is 16.9 Å². The molecule has 2 aromatic carbocycles. The van der Waals surface area contributed by atoms with Crippen LogP contribution in [0.5, 0.6) is 5.75 Å². The van der Waals surface area contributed by atoms with Crippen LogP contribution >= 0.6 is 0 Å². The first kappa shape index (κ1) is 18.3. The summed E-state index contributed by atoms with van der Waals surface area (Å²) in [6.07, 6.45) is 0. The highest BCUT2D eigenvalue weighted by molar-refractivity contribution is 5.93. The van der Waals surface area contributed by atoms with Gasteiger partial charge in [-0.05, 0) is 24.6 Å². The Morgan fingerprint density at radius 2 is 1.85 bits per heavy atom. The summed E-state index contributed by atoms with van der Waals surface area (Å²) in [5.74, 6) is -2.71. The molecule has 140 valence electrons. The second kappa shape index (κ2) is 7.02. The highest BCUT2D eigenvalue weighted by Gasteiger charge is 2.28. The Hall–Kier alpha value is -3.49. The Morgan fingerprint density at radius 3 is 2.48 bits per heavy atom. The number of fused-ring (bicyclic) bond motifs is 1. The smallest absolute Gasteiger partial charge is 0.346 e. The van der Waals surface area contributed by atoms with Crippen LogP contribution in [0.2, 0.25) is 0 Å². The Morgan fingerprint density at radius 1 is 1.22 bits per heavy atom. The maximum atomic E-state index is 13.5. The van der Waals surface area contributed by atoms with Gasteiger partial charge in [-0.1, -0.05) is 12.1 Å². The van der Waals surface area contributed by atoms with Crippen molar-refractivity contribution < 1.29 is 22.7 Å². The molecule has 9 heteroatoms. The second-order valence-corrected chi connectivity index (χ2v) is 5.81. The molecule has 0 spiro atoms. The molecule has 0 saturated heterocycles. The van der Waals surface area contributed by atoms with E-state index in [-0.39, 0.29) is 26.9 Å². The summed E-state index contributed by atoms with van der Waals surface area (Å²) in [7, 11) is 1.53. The fourth-order valence-corrected chi connectivity index (χ4v) is 2.66. The molecule has 1 aromatic heterocycles. The van der Waals surface area contributed by atoms with Crippen molar-refractivity contribution in [3.63, 3.8) is 0 Å². The number of hydrogen-bond acceptors (Lipinski definition) is 4. The molecule has 3 aromatic rings. The van der Waals surface area contributed by atoms with E-state index in [9.17, 15) is 23.7 Å². The van der Waals surface area contributed by atoms with Crippen LogP contribution in [0.25, 0.3) is 11.0 Å². The Kier molecular flexibility index (Phi) is 4.76. The standard InChI is InChI=1S/C18H15F2N3O4/c1-10-17(18(24)21-9-11-3-5-12(27-2)6-4-11)23(26)16-8-14(20)13(19)7-15(16)22(10)25/h3-8H,9H2,1-2H3,(H,21,24). The van der Waals surface area contributed by atoms with E-state index < -0.39 is 28.8 Å². The molecule has 1 heterocycles. The van der Waals surface area contributed by atoms with E-state index in [0.29, 0.717) is 17.9 Å². The minimum Gasteiger partial charge on any atom is -0.805 e. The van der Waals surface area contributed by atoms with Crippen molar-refractivity contribution in [2.24, 2.45) is 0 Å². The lowest BCUT2D eigenvalue weighted by atomic mass is 10.2. The van der Waals surface area contributed by atoms with E-state index in [1.807, 2.05) is 0 Å². The van der Waals surface area contributed by atoms with Gasteiger partial charge in [-0.15, -0.1) is 0 Å². The minimum absolute atomic E-state index is 0.0942. The maximum Gasteiger partial charge on any atom is 0.346 e. The monoisotopic (exact) mass is 375 g/mol. The molecule has 0 bridgehead atoms. The average molecular weight is 375 g/mol. The normalized spacial score (nSPS) is 10.8. The van der Waals surface area contributed by atoms with Crippen LogP contribution in [-0.4, -0.2) is 17.7 Å². The molecule has 0 aliphatic heterocycles. The number of rotatable bonds is 4. The molecule has 1 N–H and O–H groups in total. The number of methoxy groups -OCH3 is 1. The number of nitrogens with zero attached hydrogens (tertiary/aromatic N) is 2. The van der Waals surface area contributed by atoms with Crippen LogP contribution in [0.4, 0.5) is 8.78 Å². The predicted molar refractivity (Wildman–Crippen MR) is 92.9 cm³/mol. The zero-order valence-electron chi connectivity index (χ0n) is 14.5. The Labute approximate surface area is 152 Å². The van der Waals surface area contributed by atoms with Gasteiger partial charge in [0.2, 0.25) is 0 Å². The van der Waals surface area contributed by atoms with Gasteiger partial charge in [0, 0.05) is 17.5 Å². The van der Waals surface area contributed by atoms with E-state index in [1.165, 1.54) is 14.0 Å². The van der Waals surface area contributed by atoms with Crippen LogP contribution in [0.15, 0.2) is 36.4 Å². The zero-order chi connectivity index (χ0) is 19.7. The Balaban J connectivity index is 1.96. The zero-order valence-corrected chi connectivity index (χ0v) is 14.5. The fraction of sp³-hybridized carbons (Fsp3) is 0.167. The number of halogens is 2. The molecule has 0 radical (unpaired) electrons. The maximum absolute atomic E-state index is 13.5. The SMILES string of the molecule is COc1ccc(CNC(=O)c2c(C)n([O-])c3cc(F)c(F)cc3[n+]2=O)cc1. The summed E-state index contributed by atoms with van der Waals surface area (Å²) in [4.78, 5) is 25.0. The van der Waals surface area contributed by atoms with Gasteiger partial charge in [0.1, 0.15) is 11.3 Å². The van der Waals surface area contributed by atoms with E-state index in [2.05, 4.69) is 5.32 Å². The number of aromatic nitrogens is 2. The van der Waals surface area contributed by atoms with Gasteiger partial charge in [-0.25, -0.2) is 8.78 Å². The van der Waals surface area contributed by atoms with Crippen LogP contribution < -0.4 is 14.5 Å². The lowest BCUT2D eigenvalue weighted by Crippen LogP contribution is -2.36. The molecular weight excluding hydrogens is 360 g/mol. The number of carbonyl (C=O) groups is 1. The van der Waals surface area contributed by atoms with Crippen molar-refractivity contribution in [2.45, 2.75) is 13.5 Å². The summed E-state index contributed by atoms with van der Waals surface area (Å²) in [6, 6.07) is 8.08. The molecule has 3 rings (SSSR count). The number of carbonyl (C=O) groups excluding carboxylic acids is 1. The van der Waals surface area contributed by atoms with E-state index in [0.717, 1.165) is 5.56 Å². The molecule has 0 fully saturated rings. The molecule has 0 aliphatic carbocycles. The van der Waals surface area contributed by atoms with Crippen LogP contribution in [-0.2, 0) is 6.54 Å². The average Bonchev–Trinajstić information content (AvgIpc) is 2.66. The van der Waals surface area contributed by atoms with Gasteiger partial charge in [-0.3, -0.25) is 4.79 Å². The van der Waals surface area contributed by atoms with Gasteiger partial charge in [0.25, 0.3) is 5.52 Å². The van der Waals surface area contributed by atoms with Crippen molar-refractivity contribution in [3.8, 4) is 5.75 Å². The second-order valence-electron chi connectivity index (χ2n) is 5.81.